The minimum atomic E-state index is -4.87. The summed E-state index contributed by atoms with van der Waals surface area (Å²) in [7, 11) is 0. The van der Waals surface area contributed by atoms with E-state index >= 15 is 0 Å². The Morgan fingerprint density at radius 3 is 2.57 bits per heavy atom. The van der Waals surface area contributed by atoms with Crippen molar-refractivity contribution in [1.82, 2.24) is 9.97 Å². The number of pyridine rings is 2. The molecule has 3 N–H and O–H groups in total. The standard InChI is InChI=1S/C19H16ClF6N5O4/c1-17(7-33-18(2,14(27)31-17)19(24,25)26)12-10(21)3-4-11(29-12)30-16(32)35-13-9(20)5-8(6-28-13)34-15(22)23/h3-6,15H,7H2,1-2H3,(H2,27,31)(H,29,30,32)/t17-,18+/m0/s1. The SMILES string of the molecule is C[C@@]1(c2nc(NC(=O)Oc3ncc(OC(F)F)cc3Cl)ccc2F)CO[C@@](C)(C(F)(F)F)C(N)=N1. The summed E-state index contributed by atoms with van der Waals surface area (Å²) < 4.78 is 92.9. The number of nitrogens with two attached hydrogens (primary N) is 1. The van der Waals surface area contributed by atoms with Crippen LogP contribution in [0.2, 0.25) is 5.02 Å². The van der Waals surface area contributed by atoms with E-state index in [4.69, 9.17) is 26.8 Å². The maximum absolute atomic E-state index is 14.5. The zero-order valence-corrected chi connectivity index (χ0v) is 18.5. The molecule has 0 unspecified atom stereocenters. The van der Waals surface area contributed by atoms with Gasteiger partial charge in [0, 0.05) is 6.07 Å². The fraction of sp³-hybridized carbons (Fsp3) is 0.368. The Morgan fingerprint density at radius 1 is 1.31 bits per heavy atom. The Kier molecular flexibility index (Phi) is 7.04. The molecule has 0 spiro atoms. The first kappa shape index (κ1) is 26.3. The molecule has 2 aromatic rings. The second kappa shape index (κ2) is 9.37. The molecule has 9 nitrogen and oxygen atoms in total. The third-order valence-corrected chi connectivity index (χ3v) is 5.09. The van der Waals surface area contributed by atoms with Gasteiger partial charge in [-0.25, -0.2) is 19.2 Å². The van der Waals surface area contributed by atoms with E-state index < -0.39 is 59.9 Å². The molecular weight excluding hydrogens is 512 g/mol. The number of alkyl halides is 5. The molecule has 1 amide bonds. The largest absolute Gasteiger partial charge is 0.433 e. The summed E-state index contributed by atoms with van der Waals surface area (Å²) >= 11 is 5.82. The molecule has 3 heterocycles. The molecule has 0 radical (unpaired) electrons. The molecule has 0 saturated heterocycles. The fourth-order valence-electron chi connectivity index (χ4n) is 2.87. The molecule has 1 aliphatic heterocycles. The zero-order chi connectivity index (χ0) is 26.2. The zero-order valence-electron chi connectivity index (χ0n) is 17.8. The van der Waals surface area contributed by atoms with Gasteiger partial charge in [0.2, 0.25) is 11.5 Å². The highest BCUT2D eigenvalue weighted by atomic mass is 35.5. The van der Waals surface area contributed by atoms with Gasteiger partial charge in [0.25, 0.3) is 0 Å². The van der Waals surface area contributed by atoms with Crippen molar-refractivity contribution >= 4 is 29.3 Å². The van der Waals surface area contributed by atoms with E-state index in [0.717, 1.165) is 24.4 Å². The van der Waals surface area contributed by atoms with Crippen molar-refractivity contribution in [2.45, 2.75) is 37.8 Å². The van der Waals surface area contributed by atoms with E-state index in [9.17, 15) is 31.1 Å². The first-order chi connectivity index (χ1) is 16.1. The van der Waals surface area contributed by atoms with Crippen LogP contribution in [0.25, 0.3) is 0 Å². The molecule has 35 heavy (non-hydrogen) atoms. The summed E-state index contributed by atoms with van der Waals surface area (Å²) in [6, 6.07) is 2.85. The van der Waals surface area contributed by atoms with Crippen LogP contribution < -0.4 is 20.5 Å². The lowest BCUT2D eigenvalue weighted by molar-refractivity contribution is -0.249. The van der Waals surface area contributed by atoms with Crippen LogP contribution in [-0.2, 0) is 10.3 Å². The average Bonchev–Trinajstić information content (AvgIpc) is 2.73. The van der Waals surface area contributed by atoms with Crippen molar-refractivity contribution in [3.8, 4) is 11.6 Å². The highest BCUT2D eigenvalue weighted by Crippen LogP contribution is 2.41. The van der Waals surface area contributed by atoms with Gasteiger partial charge in [-0.15, -0.1) is 0 Å². The molecule has 0 aliphatic carbocycles. The van der Waals surface area contributed by atoms with Crippen LogP contribution in [0.15, 0.2) is 29.4 Å². The summed E-state index contributed by atoms with van der Waals surface area (Å²) in [6.45, 7) is -1.92. The number of nitrogens with one attached hydrogen (secondary N) is 1. The number of nitrogens with zero attached hydrogens (tertiary/aromatic N) is 3. The van der Waals surface area contributed by atoms with E-state index in [2.05, 4.69) is 25.0 Å². The van der Waals surface area contributed by atoms with Gasteiger partial charge < -0.3 is 19.9 Å². The van der Waals surface area contributed by atoms with Gasteiger partial charge in [-0.2, -0.15) is 22.0 Å². The third kappa shape index (κ3) is 5.51. The first-order valence-corrected chi connectivity index (χ1v) is 9.85. The Bertz CT molecular complexity index is 1170. The van der Waals surface area contributed by atoms with E-state index in [1.165, 1.54) is 6.92 Å². The molecule has 1 aliphatic rings. The number of halogens is 7. The van der Waals surface area contributed by atoms with Crippen LogP contribution in [0.1, 0.15) is 19.5 Å². The number of aromatic nitrogens is 2. The number of carbonyl (C=O) groups is 1. The molecular formula is C19H16ClF6N5O4. The smallest absolute Gasteiger partial charge is 0.424 e. The number of amidine groups is 1. The van der Waals surface area contributed by atoms with Crippen molar-refractivity contribution < 1.29 is 45.3 Å². The molecule has 0 fully saturated rings. The van der Waals surface area contributed by atoms with Gasteiger partial charge in [0.05, 0.1) is 12.8 Å². The monoisotopic (exact) mass is 527 g/mol. The number of amides is 1. The summed E-state index contributed by atoms with van der Waals surface area (Å²) in [5, 5.41) is 1.81. The first-order valence-electron chi connectivity index (χ1n) is 9.47. The second-order valence-corrected chi connectivity index (χ2v) is 7.88. The van der Waals surface area contributed by atoms with Gasteiger partial charge in [0.15, 0.2) is 0 Å². The van der Waals surface area contributed by atoms with Gasteiger partial charge in [0.1, 0.15) is 39.5 Å². The quantitative estimate of drug-likeness (QED) is 0.553. The molecule has 190 valence electrons. The Balaban J connectivity index is 1.80. The van der Waals surface area contributed by atoms with Gasteiger partial charge >= 0.3 is 18.9 Å². The van der Waals surface area contributed by atoms with Crippen LogP contribution in [0.4, 0.5) is 37.0 Å². The number of hydrogen-bond acceptors (Lipinski definition) is 8. The minimum absolute atomic E-state index is 0.278. The summed E-state index contributed by atoms with van der Waals surface area (Å²) in [5.74, 6) is -3.02. The van der Waals surface area contributed by atoms with Gasteiger partial charge in [-0.1, -0.05) is 11.6 Å². The molecule has 16 heteroatoms. The Labute approximate surface area is 198 Å². The molecule has 0 bridgehead atoms. The van der Waals surface area contributed by atoms with Crippen LogP contribution in [0.3, 0.4) is 0 Å². The normalized spacial score (nSPS) is 22.5. The van der Waals surface area contributed by atoms with E-state index in [0.29, 0.717) is 6.92 Å². The Morgan fingerprint density at radius 2 is 2.00 bits per heavy atom. The second-order valence-electron chi connectivity index (χ2n) is 7.47. The average molecular weight is 528 g/mol. The Hall–Kier alpha value is -3.33. The molecule has 0 aromatic carbocycles. The predicted molar refractivity (Wildman–Crippen MR) is 109 cm³/mol. The van der Waals surface area contributed by atoms with E-state index in [1.807, 2.05) is 0 Å². The van der Waals surface area contributed by atoms with Crippen LogP contribution in [-0.4, -0.2) is 46.9 Å². The van der Waals surface area contributed by atoms with E-state index in [-0.39, 0.29) is 16.6 Å². The third-order valence-electron chi connectivity index (χ3n) is 4.82. The van der Waals surface area contributed by atoms with Gasteiger partial charge in [-0.05, 0) is 26.0 Å². The molecule has 2 atom stereocenters. The maximum atomic E-state index is 14.5. The fourth-order valence-corrected chi connectivity index (χ4v) is 3.06. The molecule has 0 saturated carbocycles. The van der Waals surface area contributed by atoms with Crippen LogP contribution in [0, 0.1) is 5.82 Å². The highest BCUT2D eigenvalue weighted by Gasteiger charge is 2.59. The van der Waals surface area contributed by atoms with Crippen molar-refractivity contribution in [2.24, 2.45) is 10.7 Å². The lowest BCUT2D eigenvalue weighted by atomic mass is 9.93. The minimum Gasteiger partial charge on any atom is -0.433 e. The molecule has 2 aromatic heterocycles. The number of aliphatic imine (C=N–C) groups is 1. The highest BCUT2D eigenvalue weighted by molar-refractivity contribution is 6.32. The van der Waals surface area contributed by atoms with Crippen LogP contribution in [0.5, 0.6) is 11.6 Å². The summed E-state index contributed by atoms with van der Waals surface area (Å²) in [4.78, 5) is 23.5. The van der Waals surface area contributed by atoms with Crippen molar-refractivity contribution in [1.29, 1.82) is 0 Å². The number of rotatable bonds is 5. The maximum Gasteiger partial charge on any atom is 0.424 e. The van der Waals surface area contributed by atoms with Crippen molar-refractivity contribution in [3.05, 3.63) is 40.9 Å². The van der Waals surface area contributed by atoms with Crippen LogP contribution >= 0.6 is 11.6 Å². The predicted octanol–water partition coefficient (Wildman–Crippen LogP) is 4.41. The number of anilines is 1. The van der Waals surface area contributed by atoms with Gasteiger partial charge in [-0.3, -0.25) is 10.3 Å². The lowest BCUT2D eigenvalue weighted by Gasteiger charge is -2.40. The number of ether oxygens (including phenoxy) is 3. The van der Waals surface area contributed by atoms with Crippen molar-refractivity contribution in [3.63, 3.8) is 0 Å². The topological polar surface area (TPSA) is 121 Å². The summed E-state index contributed by atoms with van der Waals surface area (Å²) in [5.41, 5.74) is 0.420. The van der Waals surface area contributed by atoms with Crippen molar-refractivity contribution in [2.75, 3.05) is 11.9 Å². The van der Waals surface area contributed by atoms with E-state index in [1.54, 1.807) is 0 Å². The lowest BCUT2D eigenvalue weighted by Crippen LogP contribution is -2.60. The number of carbonyl (C=O) groups excluding carboxylic acids is 1. The molecule has 3 rings (SSSR count). The summed E-state index contributed by atoms with van der Waals surface area (Å²) in [6.07, 6.45) is -5.25. The number of hydrogen-bond donors (Lipinski definition) is 2.